The van der Waals surface area contributed by atoms with E-state index in [-0.39, 0.29) is 24.2 Å². The summed E-state index contributed by atoms with van der Waals surface area (Å²) in [6.45, 7) is 4.94. The van der Waals surface area contributed by atoms with Gasteiger partial charge in [0.05, 0.1) is 18.6 Å². The lowest BCUT2D eigenvalue weighted by Crippen LogP contribution is -2.39. The molecular formula is C19H23N3O3S. The molecule has 26 heavy (non-hydrogen) atoms. The van der Waals surface area contributed by atoms with Crippen LogP contribution in [0.4, 0.5) is 15.3 Å². The Kier molecular flexibility index (Phi) is 5.46. The smallest absolute Gasteiger partial charge is 0.414 e. The highest BCUT2D eigenvalue weighted by atomic mass is 32.1. The van der Waals surface area contributed by atoms with E-state index >= 15 is 0 Å². The van der Waals surface area contributed by atoms with Crippen molar-refractivity contribution in [1.82, 2.24) is 10.2 Å². The third kappa shape index (κ3) is 3.83. The minimum Gasteiger partial charge on any atom is -0.447 e. The van der Waals surface area contributed by atoms with Crippen molar-refractivity contribution < 1.29 is 14.3 Å². The van der Waals surface area contributed by atoms with Gasteiger partial charge in [0.1, 0.15) is 6.61 Å². The Hall–Kier alpha value is -2.54. The van der Waals surface area contributed by atoms with Crippen molar-refractivity contribution in [3.8, 4) is 0 Å². The number of hydrogen-bond acceptors (Lipinski definition) is 4. The lowest BCUT2D eigenvalue weighted by Gasteiger charge is -2.26. The molecule has 0 aliphatic carbocycles. The van der Waals surface area contributed by atoms with E-state index < -0.39 is 0 Å². The van der Waals surface area contributed by atoms with E-state index in [0.29, 0.717) is 13.2 Å². The third-order valence-electron chi connectivity index (χ3n) is 4.66. The Morgan fingerprint density at radius 1 is 1.27 bits per heavy atom. The van der Waals surface area contributed by atoms with Gasteiger partial charge < -0.3 is 15.0 Å². The minimum atomic E-state index is -0.316. The van der Waals surface area contributed by atoms with E-state index in [1.54, 1.807) is 28.2 Å². The van der Waals surface area contributed by atoms with Crippen molar-refractivity contribution in [3.05, 3.63) is 52.2 Å². The van der Waals surface area contributed by atoms with Gasteiger partial charge >= 0.3 is 12.1 Å². The monoisotopic (exact) mass is 373 g/mol. The number of urea groups is 1. The van der Waals surface area contributed by atoms with E-state index in [1.807, 2.05) is 55.6 Å². The third-order valence-corrected chi connectivity index (χ3v) is 5.70. The molecule has 7 heteroatoms. The van der Waals surface area contributed by atoms with Crippen LogP contribution < -0.4 is 10.2 Å². The molecule has 2 aromatic rings. The molecule has 0 spiro atoms. The van der Waals surface area contributed by atoms with Crippen LogP contribution in [-0.4, -0.2) is 37.2 Å². The second-order valence-electron chi connectivity index (χ2n) is 6.33. The van der Waals surface area contributed by atoms with Gasteiger partial charge in [-0.15, -0.1) is 11.3 Å². The number of amides is 3. The van der Waals surface area contributed by atoms with Crippen LogP contribution in [-0.2, 0) is 4.74 Å². The van der Waals surface area contributed by atoms with Crippen LogP contribution in [0.25, 0.3) is 0 Å². The highest BCUT2D eigenvalue weighted by Crippen LogP contribution is 2.25. The Balaban J connectivity index is 1.61. The van der Waals surface area contributed by atoms with E-state index in [0.717, 1.165) is 16.1 Å². The van der Waals surface area contributed by atoms with Crippen LogP contribution in [0, 0.1) is 0 Å². The molecule has 0 unspecified atom stereocenters. The number of carbonyl (C=O) groups excluding carboxylic acids is 2. The van der Waals surface area contributed by atoms with Crippen LogP contribution in [0.5, 0.6) is 0 Å². The Labute approximate surface area is 157 Å². The van der Waals surface area contributed by atoms with Crippen LogP contribution in [0.2, 0.25) is 0 Å². The standard InChI is InChI=1S/C19H23N3O3S/c1-13(20-18(23)21(3)14(2)17-5-4-12-26-17)15-6-8-16(9-7-15)22-10-11-25-19(22)24/h4-9,12-14H,10-11H2,1-3H3,(H,20,23)/t13-,14-/m1/s1. The number of thiophene rings is 1. The molecule has 3 amide bonds. The first kappa shape index (κ1) is 18.3. The molecule has 2 heterocycles. The summed E-state index contributed by atoms with van der Waals surface area (Å²) in [6, 6.07) is 11.4. The lowest BCUT2D eigenvalue weighted by molar-refractivity contribution is 0.181. The van der Waals surface area contributed by atoms with E-state index in [9.17, 15) is 9.59 Å². The maximum Gasteiger partial charge on any atom is 0.414 e. The molecule has 1 saturated heterocycles. The molecule has 0 saturated carbocycles. The molecule has 1 N–H and O–H groups in total. The quantitative estimate of drug-likeness (QED) is 0.856. The fourth-order valence-corrected chi connectivity index (χ4v) is 3.66. The number of hydrogen-bond donors (Lipinski definition) is 1. The number of cyclic esters (lactones) is 1. The highest BCUT2D eigenvalue weighted by Gasteiger charge is 2.24. The second kappa shape index (κ2) is 7.78. The molecule has 138 valence electrons. The predicted molar refractivity (Wildman–Crippen MR) is 103 cm³/mol. The maximum absolute atomic E-state index is 12.5. The zero-order valence-corrected chi connectivity index (χ0v) is 16.0. The van der Waals surface area contributed by atoms with Gasteiger partial charge in [0.25, 0.3) is 0 Å². The van der Waals surface area contributed by atoms with Crippen molar-refractivity contribution in [2.24, 2.45) is 0 Å². The summed E-state index contributed by atoms with van der Waals surface area (Å²) >= 11 is 1.64. The fourth-order valence-electron chi connectivity index (χ4n) is 2.84. The second-order valence-corrected chi connectivity index (χ2v) is 7.31. The largest absolute Gasteiger partial charge is 0.447 e. The maximum atomic E-state index is 12.5. The summed E-state index contributed by atoms with van der Waals surface area (Å²) in [6.07, 6.45) is -0.316. The van der Waals surface area contributed by atoms with Crippen LogP contribution in [0.15, 0.2) is 41.8 Å². The molecule has 0 radical (unpaired) electrons. The summed E-state index contributed by atoms with van der Waals surface area (Å²) in [5.41, 5.74) is 1.78. The molecular weight excluding hydrogens is 350 g/mol. The van der Waals surface area contributed by atoms with Gasteiger partial charge in [-0.3, -0.25) is 4.90 Å². The number of ether oxygens (including phenoxy) is 1. The number of carbonyl (C=O) groups is 2. The zero-order valence-electron chi connectivity index (χ0n) is 15.1. The van der Waals surface area contributed by atoms with Crippen molar-refractivity contribution in [2.45, 2.75) is 25.9 Å². The van der Waals surface area contributed by atoms with Crippen LogP contribution in [0.1, 0.15) is 36.4 Å². The normalized spacial score (nSPS) is 16.1. The molecule has 1 aliphatic rings. The van der Waals surface area contributed by atoms with Gasteiger partial charge in [-0.2, -0.15) is 0 Å². The number of benzene rings is 1. The van der Waals surface area contributed by atoms with Crippen molar-refractivity contribution in [3.63, 3.8) is 0 Å². The van der Waals surface area contributed by atoms with E-state index in [4.69, 9.17) is 4.74 Å². The van der Waals surface area contributed by atoms with Gasteiger partial charge in [0.15, 0.2) is 0 Å². The molecule has 2 atom stereocenters. The molecule has 0 bridgehead atoms. The number of anilines is 1. The molecule has 3 rings (SSSR count). The number of rotatable bonds is 5. The summed E-state index contributed by atoms with van der Waals surface area (Å²) in [5, 5.41) is 5.03. The fraction of sp³-hybridized carbons (Fsp3) is 0.368. The van der Waals surface area contributed by atoms with Gasteiger partial charge in [-0.1, -0.05) is 18.2 Å². The topological polar surface area (TPSA) is 61.9 Å². The van der Waals surface area contributed by atoms with Gasteiger partial charge in [-0.25, -0.2) is 9.59 Å². The Morgan fingerprint density at radius 3 is 2.58 bits per heavy atom. The molecule has 6 nitrogen and oxygen atoms in total. The molecule has 1 aromatic heterocycles. The minimum absolute atomic E-state index is 0.0192. The lowest BCUT2D eigenvalue weighted by atomic mass is 10.1. The highest BCUT2D eigenvalue weighted by molar-refractivity contribution is 7.10. The Bertz CT molecular complexity index is 761. The average molecular weight is 373 g/mol. The van der Waals surface area contributed by atoms with Crippen molar-refractivity contribution in [1.29, 1.82) is 0 Å². The van der Waals surface area contributed by atoms with Crippen LogP contribution >= 0.6 is 11.3 Å². The predicted octanol–water partition coefficient (Wildman–Crippen LogP) is 4.17. The molecule has 1 fully saturated rings. The molecule has 1 aromatic carbocycles. The number of nitrogens with zero attached hydrogens (tertiary/aromatic N) is 2. The Morgan fingerprint density at radius 2 is 2.00 bits per heavy atom. The van der Waals surface area contributed by atoms with Gasteiger partial charge in [-0.05, 0) is 43.0 Å². The number of nitrogens with one attached hydrogen (secondary N) is 1. The summed E-state index contributed by atoms with van der Waals surface area (Å²) in [7, 11) is 1.80. The average Bonchev–Trinajstić information content (AvgIpc) is 3.32. The molecule has 1 aliphatic heterocycles. The first-order chi connectivity index (χ1) is 12.5. The van der Waals surface area contributed by atoms with E-state index in [1.165, 1.54) is 0 Å². The van der Waals surface area contributed by atoms with Crippen molar-refractivity contribution >= 4 is 29.1 Å². The SMILES string of the molecule is C[C@H](c1cccs1)N(C)C(=O)N[C@H](C)c1ccc(N2CCOC2=O)cc1. The van der Waals surface area contributed by atoms with Crippen LogP contribution in [0.3, 0.4) is 0 Å². The zero-order chi connectivity index (χ0) is 18.7. The van der Waals surface area contributed by atoms with Gasteiger partial charge in [0.2, 0.25) is 0 Å². The van der Waals surface area contributed by atoms with E-state index in [2.05, 4.69) is 5.32 Å². The summed E-state index contributed by atoms with van der Waals surface area (Å²) < 4.78 is 4.95. The summed E-state index contributed by atoms with van der Waals surface area (Å²) in [4.78, 5) is 28.6. The first-order valence-corrected chi connectivity index (χ1v) is 9.46. The first-order valence-electron chi connectivity index (χ1n) is 8.58. The van der Waals surface area contributed by atoms with Gasteiger partial charge in [0, 0.05) is 17.6 Å². The van der Waals surface area contributed by atoms with Crippen molar-refractivity contribution in [2.75, 3.05) is 25.1 Å². The summed E-state index contributed by atoms with van der Waals surface area (Å²) in [5.74, 6) is 0.